The van der Waals surface area contributed by atoms with Crippen molar-refractivity contribution in [3.05, 3.63) is 35.9 Å². The fourth-order valence-electron chi connectivity index (χ4n) is 2.13. The van der Waals surface area contributed by atoms with E-state index in [9.17, 15) is 9.18 Å². The van der Waals surface area contributed by atoms with Crippen molar-refractivity contribution < 1.29 is 18.7 Å². The fraction of sp³-hybridized carbons (Fsp3) is 0.500. The Morgan fingerprint density at radius 1 is 1.55 bits per heavy atom. The molecule has 5 nitrogen and oxygen atoms in total. The van der Waals surface area contributed by atoms with E-state index < -0.39 is 5.82 Å². The Morgan fingerprint density at radius 3 is 3.23 bits per heavy atom. The van der Waals surface area contributed by atoms with Crippen LogP contribution >= 0.6 is 0 Å². The summed E-state index contributed by atoms with van der Waals surface area (Å²) in [5, 5.41) is 2.74. The van der Waals surface area contributed by atoms with E-state index in [1.54, 1.807) is 0 Å². The predicted octanol–water partition coefficient (Wildman–Crippen LogP) is 1.94. The first-order valence-corrected chi connectivity index (χ1v) is 7.50. The van der Waals surface area contributed by atoms with Gasteiger partial charge in [0, 0.05) is 32.0 Å². The zero-order valence-electron chi connectivity index (χ0n) is 12.5. The number of hydrogen-bond donors (Lipinski definition) is 1. The summed E-state index contributed by atoms with van der Waals surface area (Å²) in [4.78, 5) is 15.3. The van der Waals surface area contributed by atoms with Crippen molar-refractivity contribution in [3.63, 3.8) is 0 Å². The molecule has 1 saturated heterocycles. The molecule has 0 unspecified atom stereocenters. The second-order valence-electron chi connectivity index (χ2n) is 5.12. The molecular formula is C16H21FN2O3. The van der Waals surface area contributed by atoms with Crippen LogP contribution in [0.4, 0.5) is 4.39 Å². The maximum absolute atomic E-state index is 12.9. The summed E-state index contributed by atoms with van der Waals surface area (Å²) >= 11 is 0. The highest BCUT2D eigenvalue weighted by molar-refractivity contribution is 5.91. The van der Waals surface area contributed by atoms with Gasteiger partial charge < -0.3 is 14.8 Å². The van der Waals surface area contributed by atoms with E-state index in [0.717, 1.165) is 32.1 Å². The molecule has 1 aliphatic heterocycles. The molecule has 0 bridgehead atoms. The number of halogens is 1. The third-order valence-corrected chi connectivity index (χ3v) is 3.25. The van der Waals surface area contributed by atoms with Crippen molar-refractivity contribution in [2.75, 3.05) is 26.4 Å². The van der Waals surface area contributed by atoms with Gasteiger partial charge in [0.05, 0.1) is 18.9 Å². The molecule has 1 aromatic rings. The molecule has 0 saturated carbocycles. The van der Waals surface area contributed by atoms with E-state index in [2.05, 4.69) is 10.3 Å². The zero-order chi connectivity index (χ0) is 15.6. The zero-order valence-corrected chi connectivity index (χ0v) is 12.5. The summed E-state index contributed by atoms with van der Waals surface area (Å²) < 4.78 is 23.8. The van der Waals surface area contributed by atoms with Gasteiger partial charge in [-0.15, -0.1) is 0 Å². The monoisotopic (exact) mass is 308 g/mol. The van der Waals surface area contributed by atoms with E-state index >= 15 is 0 Å². The Morgan fingerprint density at radius 2 is 2.45 bits per heavy atom. The van der Waals surface area contributed by atoms with Gasteiger partial charge in [0.25, 0.3) is 0 Å². The second-order valence-corrected chi connectivity index (χ2v) is 5.12. The molecule has 22 heavy (non-hydrogen) atoms. The maximum atomic E-state index is 12.9. The summed E-state index contributed by atoms with van der Waals surface area (Å²) in [5.41, 5.74) is 0.551. The standard InChI is InChI=1S/C16H21FN2O3/c17-14-9-13(10-18-11-14)4-5-16(20)19-6-2-7-21-12-15-3-1-8-22-15/h4-5,9-11,15H,1-3,6-8,12H2,(H,19,20)/b5-4+/t15-/m1/s1. The summed E-state index contributed by atoms with van der Waals surface area (Å²) in [6, 6.07) is 1.32. The molecule has 0 aliphatic carbocycles. The largest absolute Gasteiger partial charge is 0.379 e. The van der Waals surface area contributed by atoms with Gasteiger partial charge in [-0.1, -0.05) is 0 Å². The van der Waals surface area contributed by atoms with Crippen LogP contribution < -0.4 is 5.32 Å². The number of ether oxygens (including phenoxy) is 2. The van der Waals surface area contributed by atoms with Crippen molar-refractivity contribution in [1.82, 2.24) is 10.3 Å². The molecule has 0 radical (unpaired) electrons. The van der Waals surface area contributed by atoms with Crippen LogP contribution in [0, 0.1) is 5.82 Å². The molecule has 2 rings (SSSR count). The van der Waals surface area contributed by atoms with E-state index in [4.69, 9.17) is 9.47 Å². The molecule has 6 heteroatoms. The highest BCUT2D eigenvalue weighted by Gasteiger charge is 2.14. The van der Waals surface area contributed by atoms with Gasteiger partial charge >= 0.3 is 0 Å². The second kappa shape index (κ2) is 9.27. The van der Waals surface area contributed by atoms with Crippen molar-refractivity contribution in [2.24, 2.45) is 0 Å². The molecule has 1 aliphatic rings. The van der Waals surface area contributed by atoms with Gasteiger partial charge in [0.15, 0.2) is 0 Å². The van der Waals surface area contributed by atoms with Crippen LogP contribution in [0.2, 0.25) is 0 Å². The molecule has 1 amide bonds. The van der Waals surface area contributed by atoms with Gasteiger partial charge in [0.1, 0.15) is 5.82 Å². The lowest BCUT2D eigenvalue weighted by molar-refractivity contribution is -0.116. The average Bonchev–Trinajstić information content (AvgIpc) is 3.02. The predicted molar refractivity (Wildman–Crippen MR) is 80.6 cm³/mol. The lowest BCUT2D eigenvalue weighted by atomic mass is 10.2. The number of nitrogens with one attached hydrogen (secondary N) is 1. The SMILES string of the molecule is O=C(/C=C/c1cncc(F)c1)NCCCOC[C@H]1CCCO1. The lowest BCUT2D eigenvalue weighted by Crippen LogP contribution is -2.23. The summed E-state index contributed by atoms with van der Waals surface area (Å²) in [6.45, 7) is 2.59. The Balaban J connectivity index is 1.53. The van der Waals surface area contributed by atoms with Crippen molar-refractivity contribution in [1.29, 1.82) is 0 Å². The molecule has 0 aromatic carbocycles. The number of carbonyl (C=O) groups is 1. The number of rotatable bonds is 8. The summed E-state index contributed by atoms with van der Waals surface area (Å²) in [5.74, 6) is -0.644. The molecular weight excluding hydrogens is 287 g/mol. The van der Waals surface area contributed by atoms with Gasteiger partial charge in [-0.2, -0.15) is 0 Å². The van der Waals surface area contributed by atoms with Gasteiger partial charge in [-0.05, 0) is 37.0 Å². The normalized spacial score (nSPS) is 18.0. The number of carbonyl (C=O) groups excluding carboxylic acids is 1. The molecule has 2 heterocycles. The Bertz CT molecular complexity index is 502. The van der Waals surface area contributed by atoms with Gasteiger partial charge in [0.2, 0.25) is 5.91 Å². The minimum atomic E-state index is -0.425. The highest BCUT2D eigenvalue weighted by atomic mass is 19.1. The number of nitrogens with zero attached hydrogens (tertiary/aromatic N) is 1. The van der Waals surface area contributed by atoms with E-state index in [-0.39, 0.29) is 12.0 Å². The quantitative estimate of drug-likeness (QED) is 0.589. The fourth-order valence-corrected chi connectivity index (χ4v) is 2.13. The molecule has 1 N–H and O–H groups in total. The molecule has 1 fully saturated rings. The van der Waals surface area contributed by atoms with Crippen LogP contribution in [-0.2, 0) is 14.3 Å². The van der Waals surface area contributed by atoms with Crippen LogP contribution in [0.25, 0.3) is 6.08 Å². The topological polar surface area (TPSA) is 60.5 Å². The van der Waals surface area contributed by atoms with Gasteiger partial charge in [-0.3, -0.25) is 9.78 Å². The lowest BCUT2D eigenvalue weighted by Gasteiger charge is -2.09. The molecule has 120 valence electrons. The third kappa shape index (κ3) is 6.32. The Labute approximate surface area is 129 Å². The Kier molecular flexibility index (Phi) is 6.99. The summed E-state index contributed by atoms with van der Waals surface area (Å²) in [6.07, 6.45) is 8.65. The van der Waals surface area contributed by atoms with Crippen LogP contribution in [0.5, 0.6) is 0 Å². The van der Waals surface area contributed by atoms with Crippen molar-refractivity contribution in [2.45, 2.75) is 25.4 Å². The number of aromatic nitrogens is 1. The van der Waals surface area contributed by atoms with Gasteiger partial charge in [-0.25, -0.2) is 4.39 Å². The van der Waals surface area contributed by atoms with Crippen molar-refractivity contribution >= 4 is 12.0 Å². The first-order chi connectivity index (χ1) is 10.7. The van der Waals surface area contributed by atoms with E-state index in [1.807, 2.05) is 0 Å². The smallest absolute Gasteiger partial charge is 0.244 e. The first kappa shape index (κ1) is 16.6. The average molecular weight is 308 g/mol. The van der Waals surface area contributed by atoms with Crippen LogP contribution in [0.15, 0.2) is 24.5 Å². The van der Waals surface area contributed by atoms with Crippen LogP contribution in [0.3, 0.4) is 0 Å². The molecule has 1 aromatic heterocycles. The third-order valence-electron chi connectivity index (χ3n) is 3.25. The van der Waals surface area contributed by atoms with Crippen LogP contribution in [0.1, 0.15) is 24.8 Å². The van der Waals surface area contributed by atoms with E-state index in [0.29, 0.717) is 25.3 Å². The van der Waals surface area contributed by atoms with E-state index in [1.165, 1.54) is 24.4 Å². The molecule has 1 atom stereocenters. The number of amides is 1. The van der Waals surface area contributed by atoms with Crippen LogP contribution in [-0.4, -0.2) is 43.4 Å². The minimum Gasteiger partial charge on any atom is -0.379 e. The maximum Gasteiger partial charge on any atom is 0.244 e. The number of hydrogen-bond acceptors (Lipinski definition) is 4. The Hall–Kier alpha value is -1.79. The highest BCUT2D eigenvalue weighted by Crippen LogP contribution is 2.11. The van der Waals surface area contributed by atoms with Crippen molar-refractivity contribution in [3.8, 4) is 0 Å². The molecule has 0 spiro atoms. The first-order valence-electron chi connectivity index (χ1n) is 7.50. The number of pyridine rings is 1. The summed E-state index contributed by atoms with van der Waals surface area (Å²) in [7, 11) is 0. The minimum absolute atomic E-state index is 0.219.